The summed E-state index contributed by atoms with van der Waals surface area (Å²) in [5, 5.41) is 3.15. The zero-order valence-electron chi connectivity index (χ0n) is 9.81. The first-order valence-electron chi connectivity index (χ1n) is 5.18. The molecule has 0 fully saturated rings. The number of ether oxygens (including phenoxy) is 1. The molecule has 0 atom stereocenters. The molecule has 1 rings (SSSR count). The molecule has 0 spiro atoms. The molecule has 0 aromatic carbocycles. The van der Waals surface area contributed by atoms with E-state index in [-0.39, 0.29) is 17.6 Å². The maximum Gasteiger partial charge on any atom is 0.315 e. The van der Waals surface area contributed by atoms with Crippen molar-refractivity contribution < 1.29 is 14.3 Å². The van der Waals surface area contributed by atoms with E-state index < -0.39 is 0 Å². The second-order valence-electron chi connectivity index (χ2n) is 3.29. The monoisotopic (exact) mass is 288 g/mol. The van der Waals surface area contributed by atoms with Crippen molar-refractivity contribution in [1.82, 2.24) is 4.98 Å². The van der Waals surface area contributed by atoms with Gasteiger partial charge in [-0.15, -0.1) is 11.8 Å². The van der Waals surface area contributed by atoms with Gasteiger partial charge in [0.25, 0.3) is 0 Å². The number of thioether (sulfide) groups is 1. The van der Waals surface area contributed by atoms with Gasteiger partial charge in [-0.05, 0) is 12.1 Å². The Morgan fingerprint density at radius 1 is 1.50 bits per heavy atom. The van der Waals surface area contributed by atoms with E-state index in [1.165, 1.54) is 25.1 Å². The summed E-state index contributed by atoms with van der Waals surface area (Å²) in [6.45, 7) is 0. The molecule has 0 aliphatic rings. The van der Waals surface area contributed by atoms with Crippen molar-refractivity contribution in [2.75, 3.05) is 23.9 Å². The molecule has 0 unspecified atom stereocenters. The third-order valence-corrected chi connectivity index (χ3v) is 3.07. The fourth-order valence-corrected chi connectivity index (χ4v) is 1.90. The van der Waals surface area contributed by atoms with Crippen molar-refractivity contribution in [3.63, 3.8) is 0 Å². The number of rotatable bonds is 6. The van der Waals surface area contributed by atoms with E-state index in [0.29, 0.717) is 23.0 Å². The summed E-state index contributed by atoms with van der Waals surface area (Å²) in [4.78, 5) is 26.3. The number of carbonyl (C=O) groups excluding carboxylic acids is 2. The van der Waals surface area contributed by atoms with Crippen molar-refractivity contribution in [2.45, 2.75) is 6.42 Å². The lowest BCUT2D eigenvalue weighted by molar-refractivity contribution is -0.137. The number of carbonyl (C=O) groups is 2. The van der Waals surface area contributed by atoms with Crippen LogP contribution in [0.5, 0.6) is 0 Å². The van der Waals surface area contributed by atoms with E-state index in [4.69, 9.17) is 11.6 Å². The molecule has 0 bridgehead atoms. The molecule has 1 N–H and O–H groups in total. The topological polar surface area (TPSA) is 68.3 Å². The van der Waals surface area contributed by atoms with Gasteiger partial charge in [-0.1, -0.05) is 11.6 Å². The number of methoxy groups -OCH3 is 1. The highest BCUT2D eigenvalue weighted by molar-refractivity contribution is 7.99. The number of halogens is 1. The van der Waals surface area contributed by atoms with E-state index in [1.807, 2.05) is 0 Å². The smallest absolute Gasteiger partial charge is 0.315 e. The Bertz CT molecular complexity index is 411. The van der Waals surface area contributed by atoms with E-state index in [2.05, 4.69) is 15.0 Å². The first-order chi connectivity index (χ1) is 8.61. The number of nitrogens with zero attached hydrogens (tertiary/aromatic N) is 1. The van der Waals surface area contributed by atoms with Gasteiger partial charge in [0, 0.05) is 18.4 Å². The van der Waals surface area contributed by atoms with Gasteiger partial charge in [0.2, 0.25) is 5.91 Å². The first kappa shape index (κ1) is 14.8. The average Bonchev–Trinajstić information content (AvgIpc) is 2.37. The minimum absolute atomic E-state index is 0.151. The minimum atomic E-state index is -0.292. The molecule has 0 aliphatic carbocycles. The number of hydrogen-bond acceptors (Lipinski definition) is 5. The Labute approximate surface area is 114 Å². The summed E-state index contributed by atoms with van der Waals surface area (Å²) in [5.41, 5.74) is 0. The Hall–Kier alpha value is -1.27. The fourth-order valence-electron chi connectivity index (χ4n) is 1.03. The third kappa shape index (κ3) is 5.88. The van der Waals surface area contributed by atoms with Crippen LogP contribution in [0.4, 0.5) is 5.82 Å². The number of nitrogens with one attached hydrogen (secondary N) is 1. The molecule has 1 amide bonds. The number of anilines is 1. The molecule has 0 aliphatic heterocycles. The van der Waals surface area contributed by atoms with Crippen molar-refractivity contribution >= 4 is 41.1 Å². The van der Waals surface area contributed by atoms with Gasteiger partial charge in [0.05, 0.1) is 17.9 Å². The molecule has 0 saturated heterocycles. The van der Waals surface area contributed by atoms with E-state index in [9.17, 15) is 9.59 Å². The Kier molecular flexibility index (Phi) is 6.53. The number of esters is 1. The highest BCUT2D eigenvalue weighted by Crippen LogP contribution is 2.10. The van der Waals surface area contributed by atoms with Gasteiger partial charge in [-0.3, -0.25) is 9.59 Å². The maximum atomic E-state index is 11.5. The number of aromatic nitrogens is 1. The zero-order chi connectivity index (χ0) is 13.4. The molecule has 5 nitrogen and oxygen atoms in total. The van der Waals surface area contributed by atoms with Crippen LogP contribution in [-0.2, 0) is 14.3 Å². The van der Waals surface area contributed by atoms with Crippen LogP contribution in [0.3, 0.4) is 0 Å². The van der Waals surface area contributed by atoms with Gasteiger partial charge in [-0.2, -0.15) is 0 Å². The fraction of sp³-hybridized carbons (Fsp3) is 0.364. The van der Waals surface area contributed by atoms with Gasteiger partial charge < -0.3 is 10.1 Å². The Balaban J connectivity index is 2.21. The molecule has 98 valence electrons. The third-order valence-electron chi connectivity index (χ3n) is 1.92. The van der Waals surface area contributed by atoms with Gasteiger partial charge in [0.15, 0.2) is 0 Å². The Morgan fingerprint density at radius 3 is 2.89 bits per heavy atom. The molecule has 1 aromatic rings. The molecule has 0 radical (unpaired) electrons. The van der Waals surface area contributed by atoms with Crippen LogP contribution in [0.15, 0.2) is 18.3 Å². The summed E-state index contributed by atoms with van der Waals surface area (Å²) in [5.74, 6) is 0.821. The van der Waals surface area contributed by atoms with Crippen molar-refractivity contribution in [3.8, 4) is 0 Å². The molecule has 1 aromatic heterocycles. The van der Waals surface area contributed by atoms with Crippen molar-refractivity contribution in [3.05, 3.63) is 23.4 Å². The van der Waals surface area contributed by atoms with Crippen LogP contribution < -0.4 is 5.32 Å². The summed E-state index contributed by atoms with van der Waals surface area (Å²) < 4.78 is 4.48. The van der Waals surface area contributed by atoms with E-state index in [1.54, 1.807) is 12.1 Å². The summed E-state index contributed by atoms with van der Waals surface area (Å²) in [7, 11) is 1.34. The number of hydrogen-bond donors (Lipinski definition) is 1. The summed E-state index contributed by atoms with van der Waals surface area (Å²) in [6, 6.07) is 3.28. The lowest BCUT2D eigenvalue weighted by Gasteiger charge is -2.04. The first-order valence-corrected chi connectivity index (χ1v) is 6.71. The van der Waals surface area contributed by atoms with Crippen LogP contribution in [0.25, 0.3) is 0 Å². The lowest BCUT2D eigenvalue weighted by atomic mass is 10.4. The number of amides is 1. The molecule has 1 heterocycles. The molecule has 0 saturated carbocycles. The SMILES string of the molecule is COC(=O)CSCCC(=O)Nc1ccc(Cl)cn1. The number of pyridine rings is 1. The Morgan fingerprint density at radius 2 is 2.28 bits per heavy atom. The van der Waals surface area contributed by atoms with Crippen LogP contribution in [0.1, 0.15) is 6.42 Å². The second kappa shape index (κ2) is 7.94. The van der Waals surface area contributed by atoms with Crippen molar-refractivity contribution in [2.24, 2.45) is 0 Å². The highest BCUT2D eigenvalue weighted by Gasteiger charge is 2.05. The van der Waals surface area contributed by atoms with Gasteiger partial charge in [-0.25, -0.2) is 4.98 Å². The molecular weight excluding hydrogens is 276 g/mol. The summed E-state index contributed by atoms with van der Waals surface area (Å²) in [6.07, 6.45) is 1.77. The summed E-state index contributed by atoms with van der Waals surface area (Å²) >= 11 is 7.02. The highest BCUT2D eigenvalue weighted by atomic mass is 35.5. The predicted octanol–water partition coefficient (Wildman–Crippen LogP) is 1.97. The lowest BCUT2D eigenvalue weighted by Crippen LogP contribution is -2.13. The quantitative estimate of drug-likeness (QED) is 0.640. The largest absolute Gasteiger partial charge is 0.468 e. The van der Waals surface area contributed by atoms with Gasteiger partial charge in [0.1, 0.15) is 5.82 Å². The molecule has 18 heavy (non-hydrogen) atoms. The van der Waals surface area contributed by atoms with Crippen LogP contribution >= 0.6 is 23.4 Å². The zero-order valence-corrected chi connectivity index (χ0v) is 11.4. The maximum absolute atomic E-state index is 11.5. The van der Waals surface area contributed by atoms with Gasteiger partial charge >= 0.3 is 5.97 Å². The molecule has 7 heteroatoms. The minimum Gasteiger partial charge on any atom is -0.468 e. The second-order valence-corrected chi connectivity index (χ2v) is 4.83. The van der Waals surface area contributed by atoms with Crippen LogP contribution in [0.2, 0.25) is 5.02 Å². The average molecular weight is 289 g/mol. The predicted molar refractivity (Wildman–Crippen MR) is 71.8 cm³/mol. The van der Waals surface area contributed by atoms with Crippen LogP contribution in [-0.4, -0.2) is 35.5 Å². The standard InChI is InChI=1S/C11H13ClN2O3S/c1-17-11(16)7-18-5-4-10(15)14-9-3-2-8(12)6-13-9/h2-3,6H,4-5,7H2,1H3,(H,13,14,15). The normalized spacial score (nSPS) is 9.89. The van der Waals surface area contributed by atoms with E-state index >= 15 is 0 Å². The van der Waals surface area contributed by atoms with Crippen LogP contribution in [0, 0.1) is 0 Å². The van der Waals surface area contributed by atoms with Crippen molar-refractivity contribution in [1.29, 1.82) is 0 Å². The van der Waals surface area contributed by atoms with E-state index in [0.717, 1.165) is 0 Å². The molecular formula is C11H13ClN2O3S.